The average Bonchev–Trinajstić information content (AvgIpc) is 2.45. The summed E-state index contributed by atoms with van der Waals surface area (Å²) >= 11 is 0. The zero-order chi connectivity index (χ0) is 17.6. The van der Waals surface area contributed by atoms with Crippen LogP contribution in [0.2, 0.25) is 0 Å². The zero-order valence-corrected chi connectivity index (χ0v) is 14.1. The largest absolute Gasteiger partial charge is 0.493 e. The van der Waals surface area contributed by atoms with Crippen molar-refractivity contribution >= 4 is 15.8 Å². The SMILES string of the molecule is COc1cc(N(C)CCCC(O)CS(=O)(=O)O)cc(OC)c1F. The standard InChI is InChI=1S/C14H22FNO6S/c1-16(6-4-5-11(17)9-23(18,19)20)10-7-12(21-2)14(15)13(8-10)22-3/h7-8,11,17H,4-6,9H2,1-3H3,(H,18,19,20). The Balaban J connectivity index is 2.66. The molecule has 132 valence electrons. The van der Waals surface area contributed by atoms with Gasteiger partial charge in [-0.1, -0.05) is 0 Å². The molecule has 2 N–H and O–H groups in total. The van der Waals surface area contributed by atoms with Crippen molar-refractivity contribution in [1.82, 2.24) is 0 Å². The first-order chi connectivity index (χ1) is 10.7. The summed E-state index contributed by atoms with van der Waals surface area (Å²) in [4.78, 5) is 1.80. The molecule has 0 aromatic heterocycles. The first kappa shape index (κ1) is 19.5. The van der Waals surface area contributed by atoms with Gasteiger partial charge in [0.2, 0.25) is 5.82 Å². The maximum Gasteiger partial charge on any atom is 0.267 e. The Labute approximate surface area is 135 Å². The summed E-state index contributed by atoms with van der Waals surface area (Å²) < 4.78 is 53.7. The van der Waals surface area contributed by atoms with Crippen LogP contribution < -0.4 is 14.4 Å². The van der Waals surface area contributed by atoms with Crippen LogP contribution in [-0.2, 0) is 10.1 Å². The van der Waals surface area contributed by atoms with Crippen LogP contribution in [0.5, 0.6) is 11.5 Å². The minimum Gasteiger partial charge on any atom is -0.493 e. The molecule has 0 aliphatic carbocycles. The van der Waals surface area contributed by atoms with Crippen LogP contribution in [0, 0.1) is 5.82 Å². The molecule has 0 bridgehead atoms. The maximum absolute atomic E-state index is 13.8. The normalized spacial score (nSPS) is 12.8. The number of benzene rings is 1. The van der Waals surface area contributed by atoms with Crippen molar-refractivity contribution in [2.45, 2.75) is 18.9 Å². The predicted octanol–water partition coefficient (Wildman–Crippen LogP) is 1.31. The number of halogens is 1. The summed E-state index contributed by atoms with van der Waals surface area (Å²) in [5.74, 6) is -1.17. The summed E-state index contributed by atoms with van der Waals surface area (Å²) in [7, 11) is 0.287. The van der Waals surface area contributed by atoms with Gasteiger partial charge < -0.3 is 19.5 Å². The van der Waals surface area contributed by atoms with Crippen LogP contribution in [0.4, 0.5) is 10.1 Å². The fraction of sp³-hybridized carbons (Fsp3) is 0.571. The van der Waals surface area contributed by atoms with Crippen LogP contribution in [-0.4, -0.2) is 57.7 Å². The number of anilines is 1. The Hall–Kier alpha value is -1.58. The van der Waals surface area contributed by atoms with Gasteiger partial charge in [-0.25, -0.2) is 0 Å². The molecule has 23 heavy (non-hydrogen) atoms. The quantitative estimate of drug-likeness (QED) is 0.648. The molecule has 1 aromatic carbocycles. The van der Waals surface area contributed by atoms with Crippen LogP contribution in [0.3, 0.4) is 0 Å². The molecule has 0 aliphatic rings. The zero-order valence-electron chi connectivity index (χ0n) is 13.3. The minimum absolute atomic E-state index is 0.0533. The molecule has 1 rings (SSSR count). The maximum atomic E-state index is 13.8. The van der Waals surface area contributed by atoms with E-state index in [4.69, 9.17) is 14.0 Å². The van der Waals surface area contributed by atoms with E-state index in [1.54, 1.807) is 11.9 Å². The van der Waals surface area contributed by atoms with Crippen LogP contribution in [0.1, 0.15) is 12.8 Å². The first-order valence-corrected chi connectivity index (χ1v) is 8.54. The number of hydrogen-bond donors (Lipinski definition) is 2. The van der Waals surface area contributed by atoms with Gasteiger partial charge in [-0.3, -0.25) is 4.55 Å². The summed E-state index contributed by atoms with van der Waals surface area (Å²) in [5.41, 5.74) is 0.657. The summed E-state index contributed by atoms with van der Waals surface area (Å²) in [5, 5.41) is 9.52. The molecule has 0 aliphatic heterocycles. The smallest absolute Gasteiger partial charge is 0.267 e. The Bertz CT molecular complexity index is 597. The second-order valence-corrected chi connectivity index (χ2v) is 6.63. The second kappa shape index (κ2) is 8.32. The molecule has 7 nitrogen and oxygen atoms in total. The Morgan fingerprint density at radius 3 is 2.22 bits per heavy atom. The third kappa shape index (κ3) is 6.20. The van der Waals surface area contributed by atoms with E-state index in [2.05, 4.69) is 0 Å². The molecule has 1 unspecified atom stereocenters. The highest BCUT2D eigenvalue weighted by Crippen LogP contribution is 2.32. The van der Waals surface area contributed by atoms with Gasteiger partial charge in [0.05, 0.1) is 20.3 Å². The van der Waals surface area contributed by atoms with Gasteiger partial charge in [-0.15, -0.1) is 0 Å². The highest BCUT2D eigenvalue weighted by atomic mass is 32.2. The van der Waals surface area contributed by atoms with E-state index in [0.717, 1.165) is 0 Å². The van der Waals surface area contributed by atoms with Crippen LogP contribution >= 0.6 is 0 Å². The van der Waals surface area contributed by atoms with E-state index in [9.17, 15) is 17.9 Å². The Morgan fingerprint density at radius 1 is 1.26 bits per heavy atom. The van der Waals surface area contributed by atoms with Gasteiger partial charge in [0.15, 0.2) is 11.5 Å². The summed E-state index contributed by atoms with van der Waals surface area (Å²) in [6, 6.07) is 3.04. The van der Waals surface area contributed by atoms with E-state index in [-0.39, 0.29) is 17.9 Å². The van der Waals surface area contributed by atoms with Crippen molar-refractivity contribution < 1.29 is 31.9 Å². The molecule has 0 radical (unpaired) electrons. The van der Waals surface area contributed by atoms with Crippen molar-refractivity contribution in [3.8, 4) is 11.5 Å². The minimum atomic E-state index is -4.19. The highest BCUT2D eigenvalue weighted by Gasteiger charge is 2.16. The summed E-state index contributed by atoms with van der Waals surface area (Å²) in [6.45, 7) is 0.487. The van der Waals surface area contributed by atoms with Crippen molar-refractivity contribution in [2.24, 2.45) is 0 Å². The molecule has 0 amide bonds. The monoisotopic (exact) mass is 351 g/mol. The Morgan fingerprint density at radius 2 is 1.78 bits per heavy atom. The van der Waals surface area contributed by atoms with Gasteiger partial charge in [0, 0.05) is 31.4 Å². The fourth-order valence-electron chi connectivity index (χ4n) is 2.10. The number of hydrogen-bond acceptors (Lipinski definition) is 6. The van der Waals surface area contributed by atoms with Crippen molar-refractivity contribution in [3.05, 3.63) is 17.9 Å². The van der Waals surface area contributed by atoms with Gasteiger partial charge >= 0.3 is 0 Å². The van der Waals surface area contributed by atoms with Crippen LogP contribution in [0.15, 0.2) is 12.1 Å². The van der Waals surface area contributed by atoms with Gasteiger partial charge in [0.25, 0.3) is 10.1 Å². The lowest BCUT2D eigenvalue weighted by molar-refractivity contribution is 0.182. The van der Waals surface area contributed by atoms with Gasteiger partial charge in [-0.2, -0.15) is 12.8 Å². The molecule has 1 aromatic rings. The van der Waals surface area contributed by atoms with Crippen molar-refractivity contribution in [3.63, 3.8) is 0 Å². The second-order valence-electron chi connectivity index (χ2n) is 5.13. The molecule has 0 saturated heterocycles. The lowest BCUT2D eigenvalue weighted by Crippen LogP contribution is -2.24. The predicted molar refractivity (Wildman–Crippen MR) is 84.4 cm³/mol. The molecule has 0 spiro atoms. The first-order valence-electron chi connectivity index (χ1n) is 6.93. The number of nitrogens with zero attached hydrogens (tertiary/aromatic N) is 1. The third-order valence-electron chi connectivity index (χ3n) is 3.31. The lowest BCUT2D eigenvalue weighted by atomic mass is 10.2. The van der Waals surface area contributed by atoms with E-state index >= 15 is 0 Å². The molecule has 1 atom stereocenters. The fourth-order valence-corrected chi connectivity index (χ4v) is 2.75. The number of rotatable bonds is 9. The van der Waals surface area contributed by atoms with E-state index < -0.39 is 27.8 Å². The number of ether oxygens (including phenoxy) is 2. The van der Waals surface area contributed by atoms with E-state index in [1.165, 1.54) is 26.4 Å². The van der Waals surface area contributed by atoms with Crippen LogP contribution in [0.25, 0.3) is 0 Å². The number of aliphatic hydroxyl groups is 1. The van der Waals surface area contributed by atoms with Gasteiger partial charge in [0.1, 0.15) is 5.75 Å². The average molecular weight is 351 g/mol. The van der Waals surface area contributed by atoms with Gasteiger partial charge in [-0.05, 0) is 12.8 Å². The third-order valence-corrected chi connectivity index (χ3v) is 4.11. The lowest BCUT2D eigenvalue weighted by Gasteiger charge is -2.21. The number of aliphatic hydroxyl groups excluding tert-OH is 1. The molecular weight excluding hydrogens is 329 g/mol. The van der Waals surface area contributed by atoms with E-state index in [1.807, 2.05) is 0 Å². The number of methoxy groups -OCH3 is 2. The van der Waals surface area contributed by atoms with Crippen molar-refractivity contribution in [2.75, 3.05) is 38.5 Å². The molecule has 0 fully saturated rings. The molecule has 0 saturated carbocycles. The molecule has 0 heterocycles. The topological polar surface area (TPSA) is 96.3 Å². The molecular formula is C14H22FNO6S. The highest BCUT2D eigenvalue weighted by molar-refractivity contribution is 7.85. The molecule has 9 heteroatoms. The van der Waals surface area contributed by atoms with Crippen molar-refractivity contribution in [1.29, 1.82) is 0 Å². The Kier molecular flexibility index (Phi) is 7.04. The summed E-state index contributed by atoms with van der Waals surface area (Å²) in [6.07, 6.45) is -0.440. The van der Waals surface area contributed by atoms with E-state index in [0.29, 0.717) is 18.7 Å².